The van der Waals surface area contributed by atoms with Crippen molar-refractivity contribution in [2.24, 2.45) is 0 Å². The van der Waals surface area contributed by atoms with Crippen molar-refractivity contribution in [2.45, 2.75) is 45.3 Å². The summed E-state index contributed by atoms with van der Waals surface area (Å²) in [6, 6.07) is 0. The van der Waals surface area contributed by atoms with Crippen molar-refractivity contribution in [1.29, 1.82) is 0 Å². The maximum absolute atomic E-state index is 11.9. The van der Waals surface area contributed by atoms with Crippen LogP contribution in [0.15, 0.2) is 0 Å². The van der Waals surface area contributed by atoms with Gasteiger partial charge in [0.1, 0.15) is 6.61 Å². The van der Waals surface area contributed by atoms with E-state index in [9.17, 15) is 13.2 Å². The second-order valence-corrected chi connectivity index (χ2v) is 13.3. The summed E-state index contributed by atoms with van der Waals surface area (Å²) in [6.45, 7) is 11.3. The standard InChI is InChI=1S/C12H25NO5SSi/c1-12(2,3)20(4,5)18-8-6-10-19(15,16)13-7-9-17-11(13)14/h6-10H2,1-5H3. The van der Waals surface area contributed by atoms with Gasteiger partial charge in [0.25, 0.3) is 0 Å². The molecule has 1 saturated heterocycles. The van der Waals surface area contributed by atoms with Crippen molar-refractivity contribution in [3.05, 3.63) is 0 Å². The van der Waals surface area contributed by atoms with Crippen LogP contribution in [0.4, 0.5) is 4.79 Å². The molecule has 1 aliphatic heterocycles. The van der Waals surface area contributed by atoms with E-state index in [0.29, 0.717) is 13.0 Å². The zero-order valence-electron chi connectivity index (χ0n) is 12.9. The first kappa shape index (κ1) is 17.4. The van der Waals surface area contributed by atoms with Crippen LogP contribution < -0.4 is 0 Å². The number of nitrogens with zero attached hydrogens (tertiary/aromatic N) is 1. The highest BCUT2D eigenvalue weighted by atomic mass is 32.2. The highest BCUT2D eigenvalue weighted by molar-refractivity contribution is 7.89. The lowest BCUT2D eigenvalue weighted by atomic mass is 10.2. The van der Waals surface area contributed by atoms with Crippen LogP contribution in [0, 0.1) is 0 Å². The van der Waals surface area contributed by atoms with Crippen molar-refractivity contribution in [1.82, 2.24) is 4.31 Å². The predicted octanol–water partition coefficient (Wildman–Crippen LogP) is 2.18. The van der Waals surface area contributed by atoms with Gasteiger partial charge in [0.2, 0.25) is 10.0 Å². The molecule has 0 unspecified atom stereocenters. The molecule has 118 valence electrons. The minimum Gasteiger partial charge on any atom is -0.447 e. The van der Waals surface area contributed by atoms with E-state index in [0.717, 1.165) is 4.31 Å². The lowest BCUT2D eigenvalue weighted by Crippen LogP contribution is -2.41. The number of ether oxygens (including phenoxy) is 1. The van der Waals surface area contributed by atoms with Crippen LogP contribution in [0.2, 0.25) is 18.1 Å². The van der Waals surface area contributed by atoms with E-state index in [-0.39, 0.29) is 23.9 Å². The minimum absolute atomic E-state index is 0.0866. The Morgan fingerprint density at radius 3 is 2.40 bits per heavy atom. The van der Waals surface area contributed by atoms with Crippen molar-refractivity contribution >= 4 is 24.4 Å². The molecule has 1 rings (SSSR count). The van der Waals surface area contributed by atoms with Gasteiger partial charge in [-0.05, 0) is 24.6 Å². The molecule has 1 aliphatic rings. The molecular formula is C12H25NO5SSi. The largest absolute Gasteiger partial charge is 0.447 e. The molecule has 0 aromatic carbocycles. The first-order chi connectivity index (χ1) is 8.97. The van der Waals surface area contributed by atoms with Gasteiger partial charge < -0.3 is 9.16 Å². The summed E-state index contributed by atoms with van der Waals surface area (Å²) >= 11 is 0. The average Bonchev–Trinajstić information content (AvgIpc) is 2.70. The molecule has 0 aromatic rings. The lowest BCUT2D eigenvalue weighted by Gasteiger charge is -2.36. The van der Waals surface area contributed by atoms with Crippen molar-refractivity contribution < 1.29 is 22.4 Å². The SMILES string of the molecule is CC(C)(C)[Si](C)(C)OCCCS(=O)(=O)N1CCOC1=O. The third-order valence-electron chi connectivity index (χ3n) is 3.88. The minimum atomic E-state index is -3.57. The smallest absolute Gasteiger partial charge is 0.423 e. The summed E-state index contributed by atoms with van der Waals surface area (Å²) in [5.74, 6) is -0.0866. The highest BCUT2D eigenvalue weighted by Crippen LogP contribution is 2.36. The number of carbonyl (C=O) groups is 1. The molecule has 1 heterocycles. The molecule has 0 aromatic heterocycles. The fourth-order valence-corrected chi connectivity index (χ4v) is 3.95. The van der Waals surface area contributed by atoms with Gasteiger partial charge in [0, 0.05) is 6.61 Å². The zero-order chi connectivity index (χ0) is 15.6. The maximum Gasteiger partial charge on any atom is 0.423 e. The topological polar surface area (TPSA) is 72.9 Å². The Labute approximate surface area is 122 Å². The van der Waals surface area contributed by atoms with Gasteiger partial charge in [-0.3, -0.25) is 0 Å². The first-order valence-electron chi connectivity index (χ1n) is 6.78. The monoisotopic (exact) mass is 323 g/mol. The second-order valence-electron chi connectivity index (χ2n) is 6.46. The fourth-order valence-electron chi connectivity index (χ4n) is 1.53. The Bertz CT molecular complexity index is 455. The molecule has 6 nitrogen and oxygen atoms in total. The molecule has 0 saturated carbocycles. The maximum atomic E-state index is 11.9. The molecule has 0 atom stereocenters. The molecule has 0 bridgehead atoms. The summed E-state index contributed by atoms with van der Waals surface area (Å²) < 4.78 is 35.3. The van der Waals surface area contributed by atoms with E-state index in [4.69, 9.17) is 4.43 Å². The van der Waals surface area contributed by atoms with Gasteiger partial charge >= 0.3 is 6.09 Å². The number of hydrogen-bond acceptors (Lipinski definition) is 5. The van der Waals surface area contributed by atoms with Crippen molar-refractivity contribution in [3.8, 4) is 0 Å². The van der Waals surface area contributed by atoms with Gasteiger partial charge in [0.15, 0.2) is 8.32 Å². The van der Waals surface area contributed by atoms with Gasteiger partial charge in [-0.25, -0.2) is 17.5 Å². The van der Waals surface area contributed by atoms with Crippen molar-refractivity contribution in [3.63, 3.8) is 0 Å². The molecule has 0 N–H and O–H groups in total. The normalized spacial score (nSPS) is 17.4. The summed E-state index contributed by atoms with van der Waals surface area (Å²) in [5, 5.41) is 0.102. The number of rotatable bonds is 6. The highest BCUT2D eigenvalue weighted by Gasteiger charge is 2.37. The fraction of sp³-hybridized carbons (Fsp3) is 0.917. The first-order valence-corrected chi connectivity index (χ1v) is 11.3. The third-order valence-corrected chi connectivity index (χ3v) is 10.2. The van der Waals surface area contributed by atoms with Crippen LogP contribution in [-0.2, 0) is 19.2 Å². The summed E-state index contributed by atoms with van der Waals surface area (Å²) in [5.41, 5.74) is 0. The van der Waals surface area contributed by atoms with Crippen molar-refractivity contribution in [2.75, 3.05) is 25.5 Å². The van der Waals surface area contributed by atoms with Gasteiger partial charge in [-0.2, -0.15) is 0 Å². The summed E-state index contributed by atoms with van der Waals surface area (Å²) in [7, 11) is -5.41. The second kappa shape index (κ2) is 6.03. The molecule has 1 fully saturated rings. The summed E-state index contributed by atoms with van der Waals surface area (Å²) in [6.07, 6.45) is -0.381. The Morgan fingerprint density at radius 1 is 1.35 bits per heavy atom. The van der Waals surface area contributed by atoms with E-state index >= 15 is 0 Å². The van der Waals surface area contributed by atoms with Crippen LogP contribution in [0.5, 0.6) is 0 Å². The number of hydrogen-bond donors (Lipinski definition) is 0. The van der Waals surface area contributed by atoms with Crippen LogP contribution >= 0.6 is 0 Å². The zero-order valence-corrected chi connectivity index (χ0v) is 14.7. The van der Waals surface area contributed by atoms with Gasteiger partial charge in [-0.1, -0.05) is 20.8 Å². The Kier molecular flexibility index (Phi) is 5.26. The van der Waals surface area contributed by atoms with E-state index in [1.807, 2.05) is 0 Å². The lowest BCUT2D eigenvalue weighted by molar-refractivity contribution is 0.170. The number of amides is 1. The van der Waals surface area contributed by atoms with E-state index in [1.54, 1.807) is 0 Å². The molecular weight excluding hydrogens is 298 g/mol. The quantitative estimate of drug-likeness (QED) is 0.553. The average molecular weight is 323 g/mol. The molecule has 0 aliphatic carbocycles. The van der Waals surface area contributed by atoms with Gasteiger partial charge in [0.05, 0.1) is 12.3 Å². The molecule has 0 spiro atoms. The van der Waals surface area contributed by atoms with Crippen LogP contribution in [0.1, 0.15) is 27.2 Å². The van der Waals surface area contributed by atoms with E-state index in [1.165, 1.54) is 0 Å². The third kappa shape index (κ3) is 4.19. The Hall–Kier alpha value is -0.603. The van der Waals surface area contributed by atoms with Crippen LogP contribution in [0.3, 0.4) is 0 Å². The molecule has 20 heavy (non-hydrogen) atoms. The van der Waals surface area contributed by atoms with Crippen LogP contribution in [0.25, 0.3) is 0 Å². The number of carbonyl (C=O) groups excluding carboxylic acids is 1. The van der Waals surface area contributed by atoms with E-state index < -0.39 is 24.4 Å². The molecule has 8 heteroatoms. The Balaban J connectivity index is 2.43. The van der Waals surface area contributed by atoms with Gasteiger partial charge in [-0.15, -0.1) is 0 Å². The Morgan fingerprint density at radius 2 is 1.95 bits per heavy atom. The van der Waals surface area contributed by atoms with Crippen LogP contribution in [-0.4, -0.2) is 52.6 Å². The number of sulfonamides is 1. The van der Waals surface area contributed by atoms with E-state index in [2.05, 4.69) is 38.6 Å². The number of cyclic esters (lactones) is 1. The molecule has 0 radical (unpaired) electrons. The molecule has 1 amide bonds. The summed E-state index contributed by atoms with van der Waals surface area (Å²) in [4.78, 5) is 11.2. The predicted molar refractivity (Wildman–Crippen MR) is 79.6 cm³/mol.